The van der Waals surface area contributed by atoms with Crippen molar-refractivity contribution in [1.82, 2.24) is 0 Å². The highest BCUT2D eigenvalue weighted by molar-refractivity contribution is 6.62. The van der Waals surface area contributed by atoms with Gasteiger partial charge in [0.05, 0.1) is 12.7 Å². The molecule has 0 aromatic heterocycles. The van der Waals surface area contributed by atoms with Crippen molar-refractivity contribution >= 4 is 8.80 Å². The summed E-state index contributed by atoms with van der Waals surface area (Å²) in [6.45, 7) is -1.24. The normalized spacial score (nSPS) is 26.8. The molecule has 0 aromatic carbocycles. The third-order valence-electron chi connectivity index (χ3n) is 4.46. The first-order valence-corrected chi connectivity index (χ1v) is 10.1. The lowest BCUT2D eigenvalue weighted by atomic mass is 9.87. The Kier molecular flexibility index (Phi) is 9.73. The molecular formula is C14H28O10Si. The molecule has 1 heterocycles. The van der Waals surface area contributed by atoms with Crippen LogP contribution in [0.1, 0.15) is 25.7 Å². The summed E-state index contributed by atoms with van der Waals surface area (Å²) in [7, 11) is -3.30. The molecule has 0 amide bonds. The van der Waals surface area contributed by atoms with Gasteiger partial charge in [-0.25, -0.2) is 0 Å². The number of hydrogen-bond acceptors (Lipinski definition) is 10. The minimum Gasteiger partial charge on any atom is -0.373 e. The molecule has 10 nitrogen and oxygen atoms in total. The van der Waals surface area contributed by atoms with E-state index in [0.29, 0.717) is 12.0 Å². The monoisotopic (exact) mass is 384 g/mol. The van der Waals surface area contributed by atoms with E-state index in [1.807, 2.05) is 0 Å². The largest absolute Gasteiger partial charge is 0.509 e. The Morgan fingerprint density at radius 3 is 1.56 bits per heavy atom. The van der Waals surface area contributed by atoms with E-state index in [2.05, 4.69) is 0 Å². The molecule has 1 aliphatic carbocycles. The third kappa shape index (κ3) is 6.80. The maximum atomic E-state index is 8.81. The van der Waals surface area contributed by atoms with Gasteiger partial charge in [-0.2, -0.15) is 0 Å². The van der Waals surface area contributed by atoms with Gasteiger partial charge in [0.1, 0.15) is 40.8 Å². The molecule has 0 spiro atoms. The van der Waals surface area contributed by atoms with E-state index in [9.17, 15) is 0 Å². The molecule has 1 saturated heterocycles. The number of epoxide rings is 1. The Balaban J connectivity index is 1.99. The number of aliphatic hydroxyl groups is 3. The fourth-order valence-corrected chi connectivity index (χ4v) is 5.87. The molecule has 1 atom stereocenters. The first-order valence-electron chi connectivity index (χ1n) is 8.35. The number of ether oxygens (including phenoxy) is 4. The predicted molar refractivity (Wildman–Crippen MR) is 83.6 cm³/mol. The van der Waals surface area contributed by atoms with Crippen LogP contribution in [0.15, 0.2) is 0 Å². The van der Waals surface area contributed by atoms with E-state index >= 15 is 0 Å². The van der Waals surface area contributed by atoms with Gasteiger partial charge in [0.15, 0.2) is 0 Å². The Morgan fingerprint density at radius 1 is 0.760 bits per heavy atom. The molecule has 3 N–H and O–H groups in total. The highest BCUT2D eigenvalue weighted by atomic mass is 28.4. The van der Waals surface area contributed by atoms with Gasteiger partial charge in [-0.15, -0.1) is 0 Å². The van der Waals surface area contributed by atoms with Crippen molar-refractivity contribution in [3.63, 3.8) is 0 Å². The molecule has 2 rings (SSSR count). The van der Waals surface area contributed by atoms with Crippen molar-refractivity contribution in [2.24, 2.45) is 5.92 Å². The number of hydrogen-bond donors (Lipinski definition) is 3. The highest BCUT2D eigenvalue weighted by Gasteiger charge is 2.52. The Morgan fingerprint density at radius 2 is 1.20 bits per heavy atom. The van der Waals surface area contributed by atoms with Crippen LogP contribution in [0.4, 0.5) is 0 Å². The lowest BCUT2D eigenvalue weighted by Gasteiger charge is -2.38. The fourth-order valence-electron chi connectivity index (χ4n) is 3.13. The van der Waals surface area contributed by atoms with Gasteiger partial charge in [0.25, 0.3) is 0 Å². The summed E-state index contributed by atoms with van der Waals surface area (Å²) in [5.74, 6) is 0.541. The van der Waals surface area contributed by atoms with E-state index in [4.69, 9.17) is 47.5 Å². The van der Waals surface area contributed by atoms with Crippen molar-refractivity contribution < 1.29 is 47.5 Å². The van der Waals surface area contributed by atoms with Crippen molar-refractivity contribution in [1.29, 1.82) is 0 Å². The molecule has 1 saturated carbocycles. The molecular weight excluding hydrogens is 356 g/mol. The Bertz CT molecular complexity index is 322. The predicted octanol–water partition coefficient (Wildman–Crippen LogP) is -0.294. The summed E-state index contributed by atoms with van der Waals surface area (Å²) in [4.78, 5) is 0. The van der Waals surface area contributed by atoms with Crippen LogP contribution >= 0.6 is 0 Å². The lowest BCUT2D eigenvalue weighted by molar-refractivity contribution is -0.148. The molecule has 1 unspecified atom stereocenters. The SMILES string of the molecule is OCOCO[Si](OCOCO)(OCOCO)C1CCC(C2CO2)CC1. The fraction of sp³-hybridized carbons (Fsp3) is 1.00. The minimum absolute atomic E-state index is 0.00521. The summed E-state index contributed by atoms with van der Waals surface area (Å²) >= 11 is 0. The van der Waals surface area contributed by atoms with Gasteiger partial charge >= 0.3 is 8.80 Å². The first-order chi connectivity index (χ1) is 12.3. The summed E-state index contributed by atoms with van der Waals surface area (Å²) in [6.07, 6.45) is 3.97. The van der Waals surface area contributed by atoms with Crippen LogP contribution in [0.5, 0.6) is 0 Å². The number of aliphatic hydroxyl groups excluding tert-OH is 3. The quantitative estimate of drug-likeness (QED) is 0.159. The minimum atomic E-state index is -3.30. The van der Waals surface area contributed by atoms with Crippen LogP contribution in [0.2, 0.25) is 5.54 Å². The maximum Gasteiger partial charge on any atom is 0.509 e. The zero-order valence-electron chi connectivity index (χ0n) is 14.2. The van der Waals surface area contributed by atoms with Crippen LogP contribution in [0, 0.1) is 5.92 Å². The van der Waals surface area contributed by atoms with Crippen molar-refractivity contribution in [3.05, 3.63) is 0 Å². The molecule has 0 radical (unpaired) electrons. The molecule has 148 valence electrons. The van der Waals surface area contributed by atoms with Crippen molar-refractivity contribution in [2.75, 3.05) is 47.4 Å². The zero-order valence-corrected chi connectivity index (χ0v) is 15.2. The average Bonchev–Trinajstić information content (AvgIpc) is 3.47. The second kappa shape index (κ2) is 11.5. The summed E-state index contributed by atoms with van der Waals surface area (Å²) < 4.78 is 37.3. The maximum absolute atomic E-state index is 8.81. The summed E-state index contributed by atoms with van der Waals surface area (Å²) in [6, 6.07) is 0. The van der Waals surface area contributed by atoms with Gasteiger partial charge in [0, 0.05) is 5.54 Å². The average molecular weight is 384 g/mol. The second-order valence-corrected chi connectivity index (χ2v) is 8.76. The number of rotatable bonds is 14. The zero-order chi connectivity index (χ0) is 18.0. The third-order valence-corrected chi connectivity index (χ3v) is 7.60. The molecule has 0 bridgehead atoms. The molecule has 0 aromatic rings. The topological polar surface area (TPSA) is 129 Å². The smallest absolute Gasteiger partial charge is 0.373 e. The van der Waals surface area contributed by atoms with E-state index in [0.717, 1.165) is 32.3 Å². The van der Waals surface area contributed by atoms with Crippen LogP contribution in [0.25, 0.3) is 0 Å². The van der Waals surface area contributed by atoms with E-state index in [1.165, 1.54) is 0 Å². The van der Waals surface area contributed by atoms with Gasteiger partial charge in [-0.1, -0.05) is 0 Å². The molecule has 2 aliphatic rings. The van der Waals surface area contributed by atoms with E-state index in [1.54, 1.807) is 0 Å². The summed E-state index contributed by atoms with van der Waals surface area (Å²) in [5, 5.41) is 26.4. The van der Waals surface area contributed by atoms with Crippen LogP contribution < -0.4 is 0 Å². The molecule has 11 heteroatoms. The molecule has 1 aliphatic heterocycles. The van der Waals surface area contributed by atoms with Crippen LogP contribution in [0.3, 0.4) is 0 Å². The van der Waals surface area contributed by atoms with Gasteiger partial charge in [-0.3, -0.25) is 0 Å². The lowest BCUT2D eigenvalue weighted by Crippen LogP contribution is -2.52. The summed E-state index contributed by atoms with van der Waals surface area (Å²) in [5.41, 5.74) is -0.00521. The van der Waals surface area contributed by atoms with Crippen molar-refractivity contribution in [3.8, 4) is 0 Å². The van der Waals surface area contributed by atoms with Crippen LogP contribution in [-0.4, -0.2) is 77.6 Å². The standard InChI is InChI=1S/C14H28O10Si/c15-6-18-9-22-25(23-10-19-7-16,24-11-20-8-17)13-3-1-12(2-4-13)14-5-21-14/h12-17H,1-11H2. The van der Waals surface area contributed by atoms with Crippen LogP contribution in [-0.2, 0) is 32.2 Å². The first kappa shape index (κ1) is 21.1. The van der Waals surface area contributed by atoms with Gasteiger partial charge < -0.3 is 47.5 Å². The molecule has 2 fully saturated rings. The Hall–Kier alpha value is -0.183. The van der Waals surface area contributed by atoms with E-state index < -0.39 is 29.2 Å². The van der Waals surface area contributed by atoms with Crippen molar-refractivity contribution in [2.45, 2.75) is 37.3 Å². The van der Waals surface area contributed by atoms with E-state index in [-0.39, 0.29) is 25.9 Å². The van der Waals surface area contributed by atoms with Gasteiger partial charge in [-0.05, 0) is 31.6 Å². The Labute approximate surface area is 147 Å². The highest BCUT2D eigenvalue weighted by Crippen LogP contribution is 2.44. The second-order valence-electron chi connectivity index (χ2n) is 5.87. The molecule has 25 heavy (non-hydrogen) atoms. The van der Waals surface area contributed by atoms with Gasteiger partial charge in [0.2, 0.25) is 0 Å².